The van der Waals surface area contributed by atoms with Crippen LogP contribution in [-0.2, 0) is 6.18 Å². The molecule has 1 fully saturated rings. The molecule has 8 nitrogen and oxygen atoms in total. The number of alkyl halides is 3. The Labute approximate surface area is 197 Å². The third-order valence-electron chi connectivity index (χ3n) is 6.04. The van der Waals surface area contributed by atoms with E-state index >= 15 is 0 Å². The summed E-state index contributed by atoms with van der Waals surface area (Å²) in [5.41, 5.74) is -2.00. The van der Waals surface area contributed by atoms with Gasteiger partial charge in [-0.1, -0.05) is 0 Å². The minimum absolute atomic E-state index is 0.00560. The number of hydrogen-bond donors (Lipinski definition) is 3. The molecule has 3 N–H and O–H groups in total. The first-order valence-electron chi connectivity index (χ1n) is 10.9. The zero-order valence-corrected chi connectivity index (χ0v) is 18.9. The molecule has 3 aromatic rings. The van der Waals surface area contributed by atoms with Crippen molar-refractivity contribution in [1.82, 2.24) is 19.9 Å². The summed E-state index contributed by atoms with van der Waals surface area (Å²) in [7, 11) is 0. The van der Waals surface area contributed by atoms with Crippen LogP contribution in [0.15, 0.2) is 29.2 Å². The number of halogens is 4. The van der Waals surface area contributed by atoms with E-state index in [2.05, 4.69) is 20.3 Å². The summed E-state index contributed by atoms with van der Waals surface area (Å²) in [6, 6.07) is 1.76. The molecular weight excluding hydrogens is 470 g/mol. The monoisotopic (exact) mass is 493 g/mol. The summed E-state index contributed by atoms with van der Waals surface area (Å²) in [5.74, 6) is -1.55. The summed E-state index contributed by atoms with van der Waals surface area (Å²) in [4.78, 5) is 36.7. The molecule has 4 rings (SSSR count). The lowest BCUT2D eigenvalue weighted by molar-refractivity contribution is -0.138. The Morgan fingerprint density at radius 1 is 1.34 bits per heavy atom. The van der Waals surface area contributed by atoms with Gasteiger partial charge in [-0.3, -0.25) is 9.59 Å². The number of aromatic amines is 1. The second-order valence-corrected chi connectivity index (χ2v) is 8.61. The number of aryl methyl sites for hydroxylation is 1. The van der Waals surface area contributed by atoms with Gasteiger partial charge in [0.2, 0.25) is 0 Å². The summed E-state index contributed by atoms with van der Waals surface area (Å²) in [5, 5.41) is 11.8. The van der Waals surface area contributed by atoms with Crippen molar-refractivity contribution in [2.75, 3.05) is 25.0 Å². The first kappa shape index (κ1) is 24.6. The van der Waals surface area contributed by atoms with Crippen LogP contribution in [0.2, 0.25) is 0 Å². The molecule has 2 atom stereocenters. The summed E-state index contributed by atoms with van der Waals surface area (Å²) in [6.45, 7) is 3.57. The van der Waals surface area contributed by atoms with Crippen LogP contribution in [0.4, 0.5) is 23.4 Å². The van der Waals surface area contributed by atoms with E-state index in [9.17, 15) is 32.3 Å². The van der Waals surface area contributed by atoms with E-state index in [-0.39, 0.29) is 46.2 Å². The van der Waals surface area contributed by atoms with Crippen molar-refractivity contribution in [3.05, 3.63) is 63.1 Å². The van der Waals surface area contributed by atoms with E-state index in [1.165, 1.54) is 18.7 Å². The highest BCUT2D eigenvalue weighted by molar-refractivity contribution is 5.94. The number of aliphatic hydroxyl groups excluding tert-OH is 1. The fourth-order valence-electron chi connectivity index (χ4n) is 4.22. The van der Waals surface area contributed by atoms with Crippen LogP contribution in [0.25, 0.3) is 10.9 Å². The lowest BCUT2D eigenvalue weighted by Crippen LogP contribution is -2.29. The predicted octanol–water partition coefficient (Wildman–Crippen LogP) is 3.41. The molecule has 2 unspecified atom stereocenters. The van der Waals surface area contributed by atoms with E-state index in [1.807, 2.05) is 0 Å². The number of anilines is 1. The number of aromatic nitrogens is 3. The number of nitrogens with one attached hydrogen (secondary N) is 2. The van der Waals surface area contributed by atoms with E-state index in [4.69, 9.17) is 0 Å². The van der Waals surface area contributed by atoms with Gasteiger partial charge in [-0.2, -0.15) is 13.2 Å². The Morgan fingerprint density at radius 3 is 2.71 bits per heavy atom. The highest BCUT2D eigenvalue weighted by Crippen LogP contribution is 2.37. The predicted molar refractivity (Wildman–Crippen MR) is 119 cm³/mol. The van der Waals surface area contributed by atoms with Crippen molar-refractivity contribution in [3.8, 4) is 0 Å². The smallest absolute Gasteiger partial charge is 0.396 e. The molecule has 1 aliphatic heterocycles. The van der Waals surface area contributed by atoms with Crippen molar-refractivity contribution in [3.63, 3.8) is 0 Å². The van der Waals surface area contributed by atoms with Crippen molar-refractivity contribution < 1.29 is 27.5 Å². The number of amides is 1. The quantitative estimate of drug-likeness (QED) is 0.470. The Balaban J connectivity index is 1.63. The number of likely N-dealkylation sites (tertiary alicyclic amines) is 1. The lowest BCUT2D eigenvalue weighted by Gasteiger charge is -2.21. The van der Waals surface area contributed by atoms with Gasteiger partial charge in [-0.25, -0.2) is 14.4 Å². The number of nitrogens with zero attached hydrogens (tertiary/aromatic N) is 3. The number of hydrogen-bond acceptors (Lipinski definition) is 6. The van der Waals surface area contributed by atoms with Gasteiger partial charge in [-0.05, 0) is 44.0 Å². The molecule has 1 aliphatic rings. The van der Waals surface area contributed by atoms with Gasteiger partial charge < -0.3 is 20.3 Å². The van der Waals surface area contributed by atoms with Gasteiger partial charge in [-0.15, -0.1) is 0 Å². The molecule has 186 valence electrons. The van der Waals surface area contributed by atoms with Crippen molar-refractivity contribution >= 4 is 22.6 Å². The maximum absolute atomic E-state index is 14.8. The second kappa shape index (κ2) is 9.25. The SMILES string of the molecule is Cc1nc2cc(C(F)(F)F)c(C(C)Nc3ncc(C(=O)N4CCC(CO)C4)cc3F)cc2c(=O)[nH]1. The summed E-state index contributed by atoms with van der Waals surface area (Å²) < 4.78 is 56.2. The summed E-state index contributed by atoms with van der Waals surface area (Å²) in [6.07, 6.45) is -2.96. The molecule has 0 aliphatic carbocycles. The largest absolute Gasteiger partial charge is 0.416 e. The molecule has 0 radical (unpaired) electrons. The average Bonchev–Trinajstić information content (AvgIpc) is 3.27. The molecule has 35 heavy (non-hydrogen) atoms. The van der Waals surface area contributed by atoms with E-state index in [0.29, 0.717) is 19.5 Å². The lowest BCUT2D eigenvalue weighted by atomic mass is 9.98. The molecule has 0 bridgehead atoms. The van der Waals surface area contributed by atoms with Crippen molar-refractivity contribution in [2.45, 2.75) is 32.5 Å². The Bertz CT molecular complexity index is 1340. The van der Waals surface area contributed by atoms with E-state index < -0.39 is 35.1 Å². The highest BCUT2D eigenvalue weighted by Gasteiger charge is 2.36. The van der Waals surface area contributed by atoms with Crippen LogP contribution >= 0.6 is 0 Å². The van der Waals surface area contributed by atoms with E-state index in [1.54, 1.807) is 0 Å². The number of rotatable bonds is 5. The van der Waals surface area contributed by atoms with Crippen LogP contribution < -0.4 is 10.9 Å². The van der Waals surface area contributed by atoms with Gasteiger partial charge in [0, 0.05) is 31.8 Å². The highest BCUT2D eigenvalue weighted by atomic mass is 19.4. The fourth-order valence-corrected chi connectivity index (χ4v) is 4.22. The normalized spacial score (nSPS) is 17.1. The number of fused-ring (bicyclic) bond motifs is 1. The van der Waals surface area contributed by atoms with E-state index in [0.717, 1.165) is 24.4 Å². The maximum atomic E-state index is 14.8. The zero-order valence-electron chi connectivity index (χ0n) is 18.9. The topological polar surface area (TPSA) is 111 Å². The number of aliphatic hydroxyl groups is 1. The number of carbonyl (C=O) groups excluding carboxylic acids is 1. The maximum Gasteiger partial charge on any atom is 0.416 e. The van der Waals surface area contributed by atoms with Crippen LogP contribution in [0.1, 0.15) is 46.7 Å². The Kier molecular flexibility index (Phi) is 6.50. The number of benzene rings is 1. The number of carbonyl (C=O) groups is 1. The second-order valence-electron chi connectivity index (χ2n) is 8.61. The molecular formula is C23H23F4N5O3. The molecule has 2 aromatic heterocycles. The Hall–Kier alpha value is -3.54. The number of pyridine rings is 1. The number of H-pyrrole nitrogens is 1. The fraction of sp³-hybridized carbons (Fsp3) is 0.391. The molecule has 3 heterocycles. The molecule has 0 saturated carbocycles. The Morgan fingerprint density at radius 2 is 2.09 bits per heavy atom. The van der Waals surface area contributed by atoms with Crippen molar-refractivity contribution in [1.29, 1.82) is 0 Å². The minimum atomic E-state index is -4.75. The van der Waals surface area contributed by atoms with Crippen molar-refractivity contribution in [2.24, 2.45) is 5.92 Å². The van der Waals surface area contributed by atoms with Crippen LogP contribution in [0.5, 0.6) is 0 Å². The van der Waals surface area contributed by atoms with Gasteiger partial charge in [0.15, 0.2) is 11.6 Å². The standard InChI is InChI=1S/C23H23F4N5O3/c1-11(15-6-16-19(7-17(15)23(25,26)27)30-12(2)31-21(16)34)29-20-18(24)5-14(8-28-20)22(35)32-4-3-13(9-32)10-33/h5-8,11,13,33H,3-4,9-10H2,1-2H3,(H,28,29)(H,30,31,34). The molecule has 1 aromatic carbocycles. The molecule has 1 amide bonds. The zero-order chi connectivity index (χ0) is 25.5. The average molecular weight is 493 g/mol. The summed E-state index contributed by atoms with van der Waals surface area (Å²) >= 11 is 0. The minimum Gasteiger partial charge on any atom is -0.396 e. The van der Waals surface area contributed by atoms with Gasteiger partial charge in [0.25, 0.3) is 11.5 Å². The first-order valence-corrected chi connectivity index (χ1v) is 10.9. The van der Waals surface area contributed by atoms with Crippen LogP contribution in [0, 0.1) is 18.7 Å². The van der Waals surface area contributed by atoms with Gasteiger partial charge in [0.1, 0.15) is 5.82 Å². The molecule has 0 spiro atoms. The van der Waals surface area contributed by atoms with Gasteiger partial charge >= 0.3 is 6.18 Å². The molecule has 12 heteroatoms. The van der Waals surface area contributed by atoms with Crippen LogP contribution in [0.3, 0.4) is 0 Å². The molecule has 1 saturated heterocycles. The third kappa shape index (κ3) is 4.97. The third-order valence-corrected chi connectivity index (χ3v) is 6.04. The van der Waals surface area contributed by atoms with Crippen LogP contribution in [-0.4, -0.2) is 50.6 Å². The first-order chi connectivity index (χ1) is 16.5. The van der Waals surface area contributed by atoms with Gasteiger partial charge in [0.05, 0.1) is 28.1 Å².